The van der Waals surface area contributed by atoms with Crippen molar-refractivity contribution in [3.63, 3.8) is 0 Å². The van der Waals surface area contributed by atoms with Crippen LogP contribution in [-0.2, 0) is 17.3 Å². The lowest BCUT2D eigenvalue weighted by Gasteiger charge is -2.10. The van der Waals surface area contributed by atoms with Crippen LogP contribution in [0, 0.1) is 3.57 Å². The number of hydrogen-bond donors (Lipinski definition) is 1. The Morgan fingerprint density at radius 2 is 2.28 bits per heavy atom. The van der Waals surface area contributed by atoms with Crippen LogP contribution in [0.4, 0.5) is 5.95 Å². The van der Waals surface area contributed by atoms with Crippen LogP contribution in [0.3, 0.4) is 0 Å². The van der Waals surface area contributed by atoms with Gasteiger partial charge in [-0.1, -0.05) is 6.92 Å². The quantitative estimate of drug-likeness (QED) is 0.833. The van der Waals surface area contributed by atoms with Gasteiger partial charge in [-0.25, -0.2) is 4.98 Å². The summed E-state index contributed by atoms with van der Waals surface area (Å²) in [6.45, 7) is 2.75. The maximum Gasteiger partial charge on any atom is 0.201 e. The van der Waals surface area contributed by atoms with Crippen molar-refractivity contribution in [3.05, 3.63) is 21.8 Å². The Balaban J connectivity index is 2.27. The molecule has 0 bridgehead atoms. The highest BCUT2D eigenvalue weighted by Crippen LogP contribution is 2.21. The second-order valence-electron chi connectivity index (χ2n) is 4.35. The zero-order valence-corrected chi connectivity index (χ0v) is 13.4. The van der Waals surface area contributed by atoms with Crippen molar-refractivity contribution < 1.29 is 4.21 Å². The number of fused-ring (bicyclic) bond motifs is 1. The molecule has 0 aliphatic rings. The molecule has 2 atom stereocenters. The Morgan fingerprint density at radius 3 is 2.94 bits per heavy atom. The minimum atomic E-state index is -0.792. The van der Waals surface area contributed by atoms with Crippen LogP contribution in [0.2, 0.25) is 0 Å². The Hall–Kier alpha value is -0.630. The molecule has 2 aromatic rings. The number of hydrogen-bond acceptors (Lipinski definition) is 3. The van der Waals surface area contributed by atoms with Gasteiger partial charge in [0.15, 0.2) is 0 Å². The van der Waals surface area contributed by atoms with E-state index in [4.69, 9.17) is 5.73 Å². The zero-order valence-electron chi connectivity index (χ0n) is 10.4. The van der Waals surface area contributed by atoms with E-state index in [1.807, 2.05) is 29.7 Å². The van der Waals surface area contributed by atoms with E-state index in [9.17, 15) is 4.21 Å². The highest BCUT2D eigenvalue weighted by atomic mass is 127. The Morgan fingerprint density at radius 1 is 1.56 bits per heavy atom. The van der Waals surface area contributed by atoms with Crippen LogP contribution in [-0.4, -0.2) is 25.3 Å². The summed E-state index contributed by atoms with van der Waals surface area (Å²) in [6, 6.07) is 6.10. The number of aromatic nitrogens is 2. The van der Waals surface area contributed by atoms with Gasteiger partial charge in [0.1, 0.15) is 0 Å². The van der Waals surface area contributed by atoms with Gasteiger partial charge in [-0.15, -0.1) is 0 Å². The van der Waals surface area contributed by atoms with Crippen molar-refractivity contribution in [1.29, 1.82) is 0 Å². The topological polar surface area (TPSA) is 60.9 Å². The van der Waals surface area contributed by atoms with E-state index in [1.165, 1.54) is 0 Å². The average Bonchev–Trinajstić information content (AvgIpc) is 2.60. The largest absolute Gasteiger partial charge is 0.369 e. The smallest absolute Gasteiger partial charge is 0.201 e. The monoisotopic (exact) mass is 377 g/mol. The molecule has 0 fully saturated rings. The van der Waals surface area contributed by atoms with Crippen molar-refractivity contribution in [3.8, 4) is 0 Å². The van der Waals surface area contributed by atoms with Crippen LogP contribution < -0.4 is 5.73 Å². The first kappa shape index (κ1) is 13.8. The molecule has 6 heteroatoms. The summed E-state index contributed by atoms with van der Waals surface area (Å²) < 4.78 is 14.5. The molecule has 0 spiro atoms. The molecule has 18 heavy (non-hydrogen) atoms. The lowest BCUT2D eigenvalue weighted by atomic mass is 10.3. The lowest BCUT2D eigenvalue weighted by molar-refractivity contribution is 0.633. The number of benzene rings is 1. The highest BCUT2D eigenvalue weighted by molar-refractivity contribution is 14.1. The molecule has 1 aromatic heterocycles. The molecule has 0 saturated carbocycles. The van der Waals surface area contributed by atoms with E-state index in [2.05, 4.69) is 27.6 Å². The summed E-state index contributed by atoms with van der Waals surface area (Å²) in [5.41, 5.74) is 7.90. The van der Waals surface area contributed by atoms with Gasteiger partial charge >= 0.3 is 0 Å². The van der Waals surface area contributed by atoms with E-state index in [0.29, 0.717) is 5.95 Å². The van der Waals surface area contributed by atoms with Crippen molar-refractivity contribution in [1.82, 2.24) is 9.55 Å². The van der Waals surface area contributed by atoms with E-state index < -0.39 is 10.8 Å². The SMILES string of the molecule is CC(CCn1c(N)nc2cc(I)ccc21)S(C)=O. The zero-order chi connectivity index (χ0) is 13.3. The first-order valence-electron chi connectivity index (χ1n) is 5.72. The standard InChI is InChI=1S/C12H16IN3OS/c1-8(18(2)17)5-6-16-11-4-3-9(13)7-10(11)15-12(16)14/h3-4,7-8H,5-6H2,1-2H3,(H2,14,15). The van der Waals surface area contributed by atoms with Crippen LogP contribution in [0.1, 0.15) is 13.3 Å². The summed E-state index contributed by atoms with van der Waals surface area (Å²) in [5, 5.41) is 0.172. The average molecular weight is 377 g/mol. The van der Waals surface area contributed by atoms with Crippen molar-refractivity contribution in [2.45, 2.75) is 25.1 Å². The van der Waals surface area contributed by atoms with E-state index in [-0.39, 0.29) is 5.25 Å². The molecule has 2 rings (SSSR count). The maximum absolute atomic E-state index is 11.4. The third-order valence-corrected chi connectivity index (χ3v) is 5.11. The molecule has 0 aliphatic heterocycles. The van der Waals surface area contributed by atoms with E-state index in [1.54, 1.807) is 6.26 Å². The fourth-order valence-electron chi connectivity index (χ4n) is 1.83. The molecule has 2 unspecified atom stereocenters. The molecule has 1 aromatic carbocycles. The summed E-state index contributed by atoms with van der Waals surface area (Å²) in [5.74, 6) is 0.529. The van der Waals surface area contributed by atoms with Gasteiger partial charge in [-0.2, -0.15) is 0 Å². The highest BCUT2D eigenvalue weighted by Gasteiger charge is 2.11. The Bertz CT molecular complexity index is 596. The fourth-order valence-corrected chi connectivity index (χ4v) is 2.75. The number of imidazole rings is 1. The summed E-state index contributed by atoms with van der Waals surface area (Å²) in [6.07, 6.45) is 2.58. The van der Waals surface area contributed by atoms with Gasteiger partial charge in [0.2, 0.25) is 5.95 Å². The summed E-state index contributed by atoms with van der Waals surface area (Å²) >= 11 is 2.26. The Kier molecular flexibility index (Phi) is 4.26. The number of nitrogen functional groups attached to an aromatic ring is 1. The number of halogens is 1. The maximum atomic E-state index is 11.4. The minimum absolute atomic E-state index is 0.172. The molecular weight excluding hydrogens is 361 g/mol. The molecule has 0 amide bonds. The first-order chi connectivity index (χ1) is 8.49. The number of nitrogens with zero attached hydrogens (tertiary/aromatic N) is 2. The first-order valence-corrected chi connectivity index (χ1v) is 8.42. The number of rotatable bonds is 4. The van der Waals surface area contributed by atoms with Crippen molar-refractivity contribution >= 4 is 50.4 Å². The van der Waals surface area contributed by atoms with Gasteiger partial charge in [0, 0.05) is 32.4 Å². The molecule has 98 valence electrons. The normalized spacial score (nSPS) is 14.8. The fraction of sp³-hybridized carbons (Fsp3) is 0.417. The summed E-state index contributed by atoms with van der Waals surface area (Å²) in [4.78, 5) is 4.36. The molecule has 4 nitrogen and oxygen atoms in total. The van der Waals surface area contributed by atoms with Gasteiger partial charge in [-0.3, -0.25) is 4.21 Å². The second kappa shape index (κ2) is 5.56. The molecule has 2 N–H and O–H groups in total. The second-order valence-corrected chi connectivity index (χ2v) is 7.40. The molecule has 0 radical (unpaired) electrons. The number of anilines is 1. The third-order valence-electron chi connectivity index (χ3n) is 3.07. The van der Waals surface area contributed by atoms with E-state index >= 15 is 0 Å². The van der Waals surface area contributed by atoms with Gasteiger partial charge in [0.25, 0.3) is 0 Å². The van der Waals surface area contributed by atoms with Crippen LogP contribution in [0.5, 0.6) is 0 Å². The Labute approximate surface area is 123 Å². The molecular formula is C12H16IN3OS. The molecule has 0 aliphatic carbocycles. The summed E-state index contributed by atoms with van der Waals surface area (Å²) in [7, 11) is -0.792. The third kappa shape index (κ3) is 2.85. The van der Waals surface area contributed by atoms with Crippen LogP contribution >= 0.6 is 22.6 Å². The predicted octanol–water partition coefficient (Wildman–Crippen LogP) is 2.38. The van der Waals surface area contributed by atoms with Crippen molar-refractivity contribution in [2.75, 3.05) is 12.0 Å². The van der Waals surface area contributed by atoms with Gasteiger partial charge in [0.05, 0.1) is 11.0 Å². The number of nitrogens with two attached hydrogens (primary N) is 1. The van der Waals surface area contributed by atoms with Gasteiger partial charge < -0.3 is 10.3 Å². The predicted molar refractivity (Wildman–Crippen MR) is 85.0 cm³/mol. The van der Waals surface area contributed by atoms with Crippen LogP contribution in [0.25, 0.3) is 11.0 Å². The molecule has 1 heterocycles. The van der Waals surface area contributed by atoms with Gasteiger partial charge in [-0.05, 0) is 47.2 Å². The van der Waals surface area contributed by atoms with Crippen LogP contribution in [0.15, 0.2) is 18.2 Å². The van der Waals surface area contributed by atoms with E-state index in [0.717, 1.165) is 27.6 Å². The lowest BCUT2D eigenvalue weighted by Crippen LogP contribution is -2.13. The number of aryl methyl sites for hydroxylation is 1. The molecule has 0 saturated heterocycles. The van der Waals surface area contributed by atoms with Crippen molar-refractivity contribution in [2.24, 2.45) is 0 Å². The minimum Gasteiger partial charge on any atom is -0.369 e.